The molecule has 5 nitrogen and oxygen atoms in total. The molecule has 4 atom stereocenters. The Morgan fingerprint density at radius 1 is 1.44 bits per heavy atom. The highest BCUT2D eigenvalue weighted by molar-refractivity contribution is 6.49. The molecule has 0 aromatic rings. The van der Waals surface area contributed by atoms with E-state index in [9.17, 15) is 5.11 Å². The zero-order valence-corrected chi connectivity index (χ0v) is 10.7. The Balaban J connectivity index is 0.00000120. The van der Waals surface area contributed by atoms with Crippen molar-refractivity contribution in [3.8, 4) is 0 Å². The van der Waals surface area contributed by atoms with E-state index >= 15 is 0 Å². The molecule has 3 aliphatic rings. The van der Waals surface area contributed by atoms with Crippen molar-refractivity contribution < 1.29 is 19.2 Å². The first-order chi connectivity index (χ1) is 8.33. The number of ether oxygens (including phenoxy) is 1. The van der Waals surface area contributed by atoms with Crippen LogP contribution in [0.2, 0.25) is 5.82 Å². The van der Waals surface area contributed by atoms with Gasteiger partial charge in [0.15, 0.2) is 0 Å². The molecule has 3 rings (SSSR count). The highest BCUT2D eigenvalue weighted by atomic mass is 35.5. The van der Waals surface area contributed by atoms with E-state index in [0.717, 1.165) is 5.57 Å². The van der Waals surface area contributed by atoms with Crippen LogP contribution in [-0.4, -0.2) is 50.3 Å². The Morgan fingerprint density at radius 3 is 3.00 bits per heavy atom. The van der Waals surface area contributed by atoms with Crippen LogP contribution in [0.5, 0.6) is 0 Å². The lowest BCUT2D eigenvalue weighted by Gasteiger charge is -2.23. The van der Waals surface area contributed by atoms with Gasteiger partial charge in [0.25, 0.3) is 0 Å². The summed E-state index contributed by atoms with van der Waals surface area (Å²) in [4.78, 5) is 0. The zero-order chi connectivity index (χ0) is 11.8. The lowest BCUT2D eigenvalue weighted by atomic mass is 9.65. The van der Waals surface area contributed by atoms with Gasteiger partial charge in [-0.15, -0.1) is 12.4 Å². The molecular formula is C11H17BClNO4. The summed E-state index contributed by atoms with van der Waals surface area (Å²) in [5, 5.41) is 9.18. The van der Waals surface area contributed by atoms with Crippen molar-refractivity contribution in [2.24, 2.45) is 5.73 Å². The van der Waals surface area contributed by atoms with E-state index in [1.807, 2.05) is 18.2 Å². The van der Waals surface area contributed by atoms with Gasteiger partial charge in [-0.05, 0) is 5.57 Å². The molecule has 2 fully saturated rings. The molecule has 2 aliphatic heterocycles. The number of hydrogen-bond acceptors (Lipinski definition) is 5. The van der Waals surface area contributed by atoms with E-state index < -0.39 is 0 Å². The third-order valence-electron chi connectivity index (χ3n) is 3.51. The molecule has 18 heavy (non-hydrogen) atoms. The summed E-state index contributed by atoms with van der Waals surface area (Å²) in [6.07, 6.45) is 5.56. The summed E-state index contributed by atoms with van der Waals surface area (Å²) in [5.74, 6) is 0.0742. The fourth-order valence-electron chi connectivity index (χ4n) is 2.67. The minimum absolute atomic E-state index is 0. The minimum Gasteiger partial charge on any atom is -0.403 e. The van der Waals surface area contributed by atoms with Gasteiger partial charge in [0, 0.05) is 12.4 Å². The molecule has 0 aromatic carbocycles. The number of aliphatic hydroxyl groups excluding tert-OH is 1. The van der Waals surface area contributed by atoms with Gasteiger partial charge in [-0.1, -0.05) is 18.2 Å². The summed E-state index contributed by atoms with van der Waals surface area (Å²) in [7, 11) is -0.357. The molecule has 0 amide bonds. The topological polar surface area (TPSA) is 73.9 Å². The van der Waals surface area contributed by atoms with Crippen LogP contribution in [0.1, 0.15) is 0 Å². The summed E-state index contributed by atoms with van der Waals surface area (Å²) < 4.78 is 17.3. The number of aliphatic hydroxyl groups is 1. The quantitative estimate of drug-likeness (QED) is 0.687. The number of rotatable bonds is 2. The van der Waals surface area contributed by atoms with Crippen molar-refractivity contribution in [1.29, 1.82) is 0 Å². The van der Waals surface area contributed by atoms with Gasteiger partial charge >= 0.3 is 7.12 Å². The Labute approximate surface area is 113 Å². The largest absolute Gasteiger partial charge is 0.468 e. The third-order valence-corrected chi connectivity index (χ3v) is 3.51. The van der Waals surface area contributed by atoms with E-state index in [-0.39, 0.29) is 50.3 Å². The third kappa shape index (κ3) is 2.24. The van der Waals surface area contributed by atoms with E-state index in [4.69, 9.17) is 19.8 Å². The van der Waals surface area contributed by atoms with Crippen LogP contribution >= 0.6 is 12.4 Å². The van der Waals surface area contributed by atoms with Crippen molar-refractivity contribution in [1.82, 2.24) is 0 Å². The van der Waals surface area contributed by atoms with Crippen LogP contribution in [0.25, 0.3) is 0 Å². The molecule has 0 saturated carbocycles. The number of nitrogens with two attached hydrogens (primary N) is 1. The van der Waals surface area contributed by atoms with Gasteiger partial charge < -0.3 is 24.9 Å². The molecule has 0 radical (unpaired) electrons. The maximum Gasteiger partial charge on any atom is 0.468 e. The van der Waals surface area contributed by atoms with E-state index in [0.29, 0.717) is 13.2 Å². The second kappa shape index (κ2) is 5.73. The van der Waals surface area contributed by atoms with Crippen LogP contribution in [0.15, 0.2) is 23.8 Å². The van der Waals surface area contributed by atoms with Gasteiger partial charge in [-0.2, -0.15) is 0 Å². The summed E-state index contributed by atoms with van der Waals surface area (Å²) in [6, 6.07) is 0. The lowest BCUT2D eigenvalue weighted by molar-refractivity contribution is 0.00609. The fraction of sp³-hybridized carbons (Fsp3) is 0.636. The van der Waals surface area contributed by atoms with E-state index in [2.05, 4.69) is 0 Å². The Morgan fingerprint density at radius 2 is 2.28 bits per heavy atom. The average Bonchev–Trinajstić information content (AvgIpc) is 2.61. The normalized spacial score (nSPS) is 37.7. The molecular weight excluding hydrogens is 256 g/mol. The molecule has 3 N–H and O–H groups in total. The van der Waals surface area contributed by atoms with E-state index in [1.54, 1.807) is 0 Å². The van der Waals surface area contributed by atoms with Crippen molar-refractivity contribution in [3.05, 3.63) is 23.8 Å². The first-order valence-electron chi connectivity index (χ1n) is 5.95. The molecule has 0 spiro atoms. The van der Waals surface area contributed by atoms with Crippen LogP contribution in [0, 0.1) is 0 Å². The van der Waals surface area contributed by atoms with Crippen molar-refractivity contribution in [2.45, 2.75) is 24.1 Å². The van der Waals surface area contributed by atoms with E-state index in [1.165, 1.54) is 0 Å². The zero-order valence-electron chi connectivity index (χ0n) is 9.90. The maximum atomic E-state index is 9.18. The van der Waals surface area contributed by atoms with Gasteiger partial charge in [-0.25, -0.2) is 0 Å². The van der Waals surface area contributed by atoms with Crippen LogP contribution in [0.4, 0.5) is 0 Å². The van der Waals surface area contributed by atoms with Crippen LogP contribution in [0.3, 0.4) is 0 Å². The van der Waals surface area contributed by atoms with Crippen molar-refractivity contribution in [2.75, 3.05) is 19.8 Å². The SMILES string of the molecule is Cl.NC[C@H]1OB2O[C@H](CO)COC3C=CC=C1C23. The minimum atomic E-state index is -0.357. The van der Waals surface area contributed by atoms with Gasteiger partial charge in [0.05, 0.1) is 31.5 Å². The summed E-state index contributed by atoms with van der Waals surface area (Å²) in [5.41, 5.74) is 6.84. The smallest absolute Gasteiger partial charge is 0.403 e. The number of halogens is 1. The molecule has 2 heterocycles. The van der Waals surface area contributed by atoms with Crippen molar-refractivity contribution in [3.63, 3.8) is 0 Å². The Hall–Kier alpha value is -0.365. The molecule has 1 aliphatic carbocycles. The molecule has 2 unspecified atom stereocenters. The van der Waals surface area contributed by atoms with Gasteiger partial charge in [-0.3, -0.25) is 0 Å². The standard InChI is InChI=1S/C11H16BNO4.ClH/c13-4-10-8-2-1-3-9-11(8)12(17-10)16-7(5-14)6-15-9;/h1-3,7,9-11,14H,4-6,13H2;1H/t7-,9?,10-,11?;/m1./s1. The predicted molar refractivity (Wildman–Crippen MR) is 69.6 cm³/mol. The second-order valence-electron chi connectivity index (χ2n) is 4.54. The lowest BCUT2D eigenvalue weighted by Crippen LogP contribution is -2.32. The number of hydrogen-bond donors (Lipinski definition) is 2. The van der Waals surface area contributed by atoms with Gasteiger partial charge in [0.2, 0.25) is 0 Å². The highest BCUT2D eigenvalue weighted by Crippen LogP contribution is 2.43. The predicted octanol–water partition coefficient (Wildman–Crippen LogP) is -0.103. The summed E-state index contributed by atoms with van der Waals surface area (Å²) in [6.45, 7) is 0.768. The highest BCUT2D eigenvalue weighted by Gasteiger charge is 2.51. The Kier molecular flexibility index (Phi) is 4.48. The first-order valence-corrected chi connectivity index (χ1v) is 5.95. The molecule has 0 bridgehead atoms. The van der Waals surface area contributed by atoms with Crippen LogP contribution in [-0.2, 0) is 14.0 Å². The van der Waals surface area contributed by atoms with Crippen molar-refractivity contribution >= 4 is 19.5 Å². The second-order valence-corrected chi connectivity index (χ2v) is 4.54. The molecule has 2 saturated heterocycles. The average molecular weight is 274 g/mol. The number of allylic oxidation sites excluding steroid dienone is 2. The van der Waals surface area contributed by atoms with Gasteiger partial charge in [0.1, 0.15) is 0 Å². The molecule has 7 heteroatoms. The first kappa shape index (κ1) is 14.1. The van der Waals surface area contributed by atoms with Crippen LogP contribution < -0.4 is 5.73 Å². The maximum absolute atomic E-state index is 9.18. The summed E-state index contributed by atoms with van der Waals surface area (Å²) >= 11 is 0. The Bertz CT molecular complexity index is 365. The molecule has 0 aromatic heterocycles. The monoisotopic (exact) mass is 273 g/mol. The molecule has 100 valence electrons. The fourth-order valence-corrected chi connectivity index (χ4v) is 2.67.